The van der Waals surface area contributed by atoms with Crippen LogP contribution in [0.1, 0.15) is 62.7 Å². The van der Waals surface area contributed by atoms with E-state index in [0.717, 1.165) is 24.0 Å². The quantitative estimate of drug-likeness (QED) is 0.355. The highest BCUT2D eigenvalue weighted by molar-refractivity contribution is 5.42. The third-order valence-corrected chi connectivity index (χ3v) is 3.35. The zero-order valence-electron chi connectivity index (χ0n) is 12.8. The average Bonchev–Trinajstić information content (AvgIpc) is 2.49. The van der Waals surface area contributed by atoms with E-state index in [-0.39, 0.29) is 6.10 Å². The highest BCUT2D eigenvalue weighted by Crippen LogP contribution is 2.23. The molecule has 0 amide bonds. The molecular weight excluding hydrogens is 244 g/mol. The van der Waals surface area contributed by atoms with E-state index in [1.165, 1.54) is 25.7 Å². The molecule has 0 radical (unpaired) electrons. The normalized spacial score (nSPS) is 11.5. The lowest BCUT2D eigenvalue weighted by atomic mass is 10.00. The van der Waals surface area contributed by atoms with Crippen molar-refractivity contribution in [3.05, 3.63) is 48.0 Å². The number of rotatable bonds is 8. The molecule has 0 aliphatic carbocycles. The van der Waals surface area contributed by atoms with Crippen molar-refractivity contribution in [3.63, 3.8) is 0 Å². The molecule has 0 fully saturated rings. The minimum Gasteiger partial charge on any atom is -0.376 e. The zero-order valence-corrected chi connectivity index (χ0v) is 12.8. The van der Waals surface area contributed by atoms with Gasteiger partial charge in [0.1, 0.15) is 0 Å². The maximum atomic E-state index is 5.54. The van der Waals surface area contributed by atoms with Crippen molar-refractivity contribution >= 4 is 0 Å². The third kappa shape index (κ3) is 5.63. The molecule has 108 valence electrons. The van der Waals surface area contributed by atoms with E-state index >= 15 is 0 Å². The van der Waals surface area contributed by atoms with E-state index in [9.17, 15) is 0 Å². The number of hydrogen-bond donors (Lipinski definition) is 0. The topological polar surface area (TPSA) is 9.23 Å². The van der Waals surface area contributed by atoms with Crippen molar-refractivity contribution < 1.29 is 4.74 Å². The Morgan fingerprint density at radius 1 is 1.25 bits per heavy atom. The summed E-state index contributed by atoms with van der Waals surface area (Å²) in [5, 5.41) is 0. The Hall–Kier alpha value is -1.52. The highest BCUT2D eigenvalue weighted by atomic mass is 16.5. The van der Waals surface area contributed by atoms with Crippen LogP contribution in [-0.2, 0) is 4.74 Å². The molecular formula is C19H26O. The minimum absolute atomic E-state index is 0.0538. The summed E-state index contributed by atoms with van der Waals surface area (Å²) in [6, 6.07) is 8.24. The summed E-state index contributed by atoms with van der Waals surface area (Å²) in [6.45, 7) is 6.02. The van der Waals surface area contributed by atoms with E-state index in [1.807, 2.05) is 18.2 Å². The van der Waals surface area contributed by atoms with Crippen LogP contribution in [0.3, 0.4) is 0 Å². The van der Waals surface area contributed by atoms with Crippen LogP contribution in [0.15, 0.2) is 36.9 Å². The fourth-order valence-electron chi connectivity index (χ4n) is 2.19. The first-order valence-electron chi connectivity index (χ1n) is 7.55. The van der Waals surface area contributed by atoms with Crippen LogP contribution in [-0.4, -0.2) is 7.11 Å². The summed E-state index contributed by atoms with van der Waals surface area (Å²) in [5.74, 6) is 6.59. The molecule has 1 heteroatoms. The summed E-state index contributed by atoms with van der Waals surface area (Å²) >= 11 is 0. The Bertz CT molecular complexity index is 450. The first kappa shape index (κ1) is 16.5. The Balaban J connectivity index is 2.70. The van der Waals surface area contributed by atoms with Crippen molar-refractivity contribution in [2.45, 2.75) is 51.6 Å². The maximum absolute atomic E-state index is 5.54. The van der Waals surface area contributed by atoms with Gasteiger partial charge in [-0.1, -0.05) is 62.3 Å². The van der Waals surface area contributed by atoms with Gasteiger partial charge in [-0.2, -0.15) is 0 Å². The zero-order chi connectivity index (χ0) is 14.6. The van der Waals surface area contributed by atoms with Crippen molar-refractivity contribution in [1.29, 1.82) is 0 Å². The fraction of sp³-hybridized carbons (Fsp3) is 0.474. The molecule has 0 aliphatic heterocycles. The Morgan fingerprint density at radius 3 is 2.75 bits per heavy atom. The van der Waals surface area contributed by atoms with Gasteiger partial charge in [-0.25, -0.2) is 0 Å². The minimum atomic E-state index is 0.0538. The molecule has 20 heavy (non-hydrogen) atoms. The highest BCUT2D eigenvalue weighted by Gasteiger charge is 2.11. The first-order valence-corrected chi connectivity index (χ1v) is 7.55. The van der Waals surface area contributed by atoms with Gasteiger partial charge in [0.2, 0.25) is 0 Å². The molecule has 1 aromatic carbocycles. The second-order valence-electron chi connectivity index (χ2n) is 4.95. The molecule has 0 N–H and O–H groups in total. The molecule has 0 saturated carbocycles. The van der Waals surface area contributed by atoms with Gasteiger partial charge < -0.3 is 4.74 Å². The van der Waals surface area contributed by atoms with E-state index < -0.39 is 0 Å². The lowest BCUT2D eigenvalue weighted by molar-refractivity contribution is 0.106. The van der Waals surface area contributed by atoms with Gasteiger partial charge in [0.15, 0.2) is 0 Å². The van der Waals surface area contributed by atoms with Crippen molar-refractivity contribution in [2.75, 3.05) is 7.11 Å². The SMILES string of the molecule is C=CCC(OC)c1ccccc1C#CCCCCCC. The Labute approximate surface area is 124 Å². The van der Waals surface area contributed by atoms with Crippen molar-refractivity contribution in [1.82, 2.24) is 0 Å². The van der Waals surface area contributed by atoms with Gasteiger partial charge in [0.05, 0.1) is 6.10 Å². The monoisotopic (exact) mass is 270 g/mol. The molecule has 0 heterocycles. The smallest absolute Gasteiger partial charge is 0.0867 e. The molecule has 0 bridgehead atoms. The van der Waals surface area contributed by atoms with Crippen LogP contribution in [0.4, 0.5) is 0 Å². The van der Waals surface area contributed by atoms with E-state index in [1.54, 1.807) is 7.11 Å². The number of methoxy groups -OCH3 is 1. The average molecular weight is 270 g/mol. The summed E-state index contributed by atoms with van der Waals surface area (Å²) in [4.78, 5) is 0. The van der Waals surface area contributed by atoms with E-state index in [2.05, 4.69) is 37.5 Å². The number of hydrogen-bond acceptors (Lipinski definition) is 1. The van der Waals surface area contributed by atoms with Crippen molar-refractivity contribution in [3.8, 4) is 11.8 Å². The Kier molecular flexibility index (Phi) is 8.51. The molecule has 1 aromatic rings. The molecule has 0 aliphatic rings. The third-order valence-electron chi connectivity index (χ3n) is 3.35. The number of benzene rings is 1. The predicted octanol–water partition coefficient (Wildman–Crippen LogP) is 5.27. The first-order chi connectivity index (χ1) is 9.83. The van der Waals surface area contributed by atoms with Crippen LogP contribution in [0.5, 0.6) is 0 Å². The van der Waals surface area contributed by atoms with Gasteiger partial charge in [-0.3, -0.25) is 0 Å². The summed E-state index contributed by atoms with van der Waals surface area (Å²) in [7, 11) is 1.74. The van der Waals surface area contributed by atoms with Crippen LogP contribution in [0, 0.1) is 11.8 Å². The van der Waals surface area contributed by atoms with Crippen LogP contribution >= 0.6 is 0 Å². The van der Waals surface area contributed by atoms with Gasteiger partial charge in [0.25, 0.3) is 0 Å². The summed E-state index contributed by atoms with van der Waals surface area (Å²) in [6.07, 6.45) is 8.80. The van der Waals surface area contributed by atoms with Gasteiger partial charge in [0, 0.05) is 19.1 Å². The Morgan fingerprint density at radius 2 is 2.05 bits per heavy atom. The van der Waals surface area contributed by atoms with E-state index in [4.69, 9.17) is 4.74 Å². The molecule has 1 rings (SSSR count). The van der Waals surface area contributed by atoms with Gasteiger partial charge in [-0.05, 0) is 24.5 Å². The van der Waals surface area contributed by atoms with Crippen LogP contribution < -0.4 is 0 Å². The summed E-state index contributed by atoms with van der Waals surface area (Å²) in [5.41, 5.74) is 2.24. The summed E-state index contributed by atoms with van der Waals surface area (Å²) < 4.78 is 5.54. The fourth-order valence-corrected chi connectivity index (χ4v) is 2.19. The molecule has 1 atom stereocenters. The van der Waals surface area contributed by atoms with Gasteiger partial charge in [-0.15, -0.1) is 6.58 Å². The number of ether oxygens (including phenoxy) is 1. The molecule has 0 aromatic heterocycles. The second-order valence-corrected chi connectivity index (χ2v) is 4.95. The molecule has 0 spiro atoms. The largest absolute Gasteiger partial charge is 0.376 e. The lowest BCUT2D eigenvalue weighted by Crippen LogP contribution is -2.02. The molecule has 1 unspecified atom stereocenters. The van der Waals surface area contributed by atoms with Crippen molar-refractivity contribution in [2.24, 2.45) is 0 Å². The lowest BCUT2D eigenvalue weighted by Gasteiger charge is -2.15. The standard InChI is InChI=1S/C19H26O/c1-4-6-7-8-9-10-14-17-15-11-12-16-18(17)19(20-3)13-5-2/h5,11-12,15-16,19H,2,4,6-9,13H2,1,3H3. The van der Waals surface area contributed by atoms with Gasteiger partial charge >= 0.3 is 0 Å². The predicted molar refractivity (Wildman–Crippen MR) is 86.6 cm³/mol. The molecule has 1 nitrogen and oxygen atoms in total. The number of unbranched alkanes of at least 4 members (excludes halogenated alkanes) is 4. The van der Waals surface area contributed by atoms with E-state index in [0.29, 0.717) is 0 Å². The van der Waals surface area contributed by atoms with Crippen LogP contribution in [0.25, 0.3) is 0 Å². The molecule has 0 saturated heterocycles. The van der Waals surface area contributed by atoms with Crippen LogP contribution in [0.2, 0.25) is 0 Å². The second kappa shape index (κ2) is 10.3. The maximum Gasteiger partial charge on any atom is 0.0867 e.